The Balaban J connectivity index is 2.68. The molecule has 1 rings (SSSR count). The van der Waals surface area contributed by atoms with E-state index in [-0.39, 0.29) is 0 Å². The summed E-state index contributed by atoms with van der Waals surface area (Å²) >= 11 is 0. The zero-order valence-electron chi connectivity index (χ0n) is 8.58. The van der Waals surface area contributed by atoms with Crippen molar-refractivity contribution in [2.45, 2.75) is 33.1 Å². The number of ether oxygens (including phenoxy) is 1. The molecule has 0 aliphatic rings. The van der Waals surface area contributed by atoms with Gasteiger partial charge in [0.15, 0.2) is 0 Å². The molecule has 0 radical (unpaired) electrons. The largest absolute Gasteiger partial charge is 0.493 e. The highest BCUT2D eigenvalue weighted by atomic mass is 16.5. The topological polar surface area (TPSA) is 22.1 Å². The van der Waals surface area contributed by atoms with E-state index in [9.17, 15) is 0 Å². The number of rotatable bonds is 4. The molecule has 0 spiro atoms. The molecule has 0 saturated heterocycles. The summed E-state index contributed by atoms with van der Waals surface area (Å²) in [5.41, 5.74) is 1.09. The Labute approximate surface area is 80.0 Å². The van der Waals surface area contributed by atoms with Gasteiger partial charge in [-0.3, -0.25) is 4.98 Å². The van der Waals surface area contributed by atoms with Crippen LogP contribution in [0.5, 0.6) is 5.75 Å². The van der Waals surface area contributed by atoms with E-state index in [1.165, 1.54) is 0 Å². The molecule has 13 heavy (non-hydrogen) atoms. The van der Waals surface area contributed by atoms with E-state index in [1.807, 2.05) is 12.1 Å². The number of aromatic nitrogens is 1. The summed E-state index contributed by atoms with van der Waals surface area (Å²) < 4.78 is 5.51. The minimum absolute atomic E-state index is 0.463. The maximum atomic E-state index is 5.51. The Kier molecular flexibility index (Phi) is 3.74. The first-order valence-corrected chi connectivity index (χ1v) is 4.82. The second kappa shape index (κ2) is 4.85. The van der Waals surface area contributed by atoms with Crippen molar-refractivity contribution in [3.05, 3.63) is 24.0 Å². The third-order valence-corrected chi connectivity index (χ3v) is 1.82. The highest BCUT2D eigenvalue weighted by molar-refractivity contribution is 5.24. The lowest BCUT2D eigenvalue weighted by atomic mass is 10.1. The van der Waals surface area contributed by atoms with Crippen LogP contribution in [0.1, 0.15) is 38.8 Å². The van der Waals surface area contributed by atoms with Gasteiger partial charge >= 0.3 is 0 Å². The third kappa shape index (κ3) is 3.05. The first-order valence-electron chi connectivity index (χ1n) is 4.82. The van der Waals surface area contributed by atoms with Gasteiger partial charge in [-0.15, -0.1) is 0 Å². The molecule has 1 aromatic rings. The fraction of sp³-hybridized carbons (Fsp3) is 0.545. The molecule has 0 amide bonds. The van der Waals surface area contributed by atoms with Crippen LogP contribution in [-0.2, 0) is 0 Å². The zero-order chi connectivity index (χ0) is 9.68. The van der Waals surface area contributed by atoms with Crippen LogP contribution in [0.15, 0.2) is 18.3 Å². The van der Waals surface area contributed by atoms with Gasteiger partial charge in [0.2, 0.25) is 0 Å². The molecule has 0 saturated carbocycles. The van der Waals surface area contributed by atoms with Crippen LogP contribution >= 0.6 is 0 Å². The molecule has 0 bridgehead atoms. The Morgan fingerprint density at radius 2 is 2.23 bits per heavy atom. The van der Waals surface area contributed by atoms with Gasteiger partial charge in [-0.2, -0.15) is 0 Å². The molecule has 2 nitrogen and oxygen atoms in total. The van der Waals surface area contributed by atoms with E-state index < -0.39 is 0 Å². The Hall–Kier alpha value is -1.05. The maximum Gasteiger partial charge on any atom is 0.122 e. The Bertz CT molecular complexity index is 258. The molecule has 1 heterocycles. The molecule has 0 aliphatic heterocycles. The van der Waals surface area contributed by atoms with Crippen LogP contribution in [0.3, 0.4) is 0 Å². The minimum Gasteiger partial charge on any atom is -0.493 e. The summed E-state index contributed by atoms with van der Waals surface area (Å²) in [6.07, 6.45) is 2.85. The van der Waals surface area contributed by atoms with E-state index in [4.69, 9.17) is 4.74 Å². The summed E-state index contributed by atoms with van der Waals surface area (Å²) in [6.45, 7) is 7.14. The van der Waals surface area contributed by atoms with Gasteiger partial charge in [-0.05, 0) is 18.4 Å². The first-order chi connectivity index (χ1) is 6.24. The van der Waals surface area contributed by atoms with Crippen molar-refractivity contribution < 1.29 is 4.74 Å². The average molecular weight is 179 g/mol. The van der Waals surface area contributed by atoms with Crippen molar-refractivity contribution in [1.82, 2.24) is 4.98 Å². The molecule has 0 fully saturated rings. The molecular formula is C11H17NO. The second-order valence-electron chi connectivity index (χ2n) is 3.42. The molecule has 0 aliphatic carbocycles. The van der Waals surface area contributed by atoms with Crippen LogP contribution < -0.4 is 4.74 Å². The Morgan fingerprint density at radius 1 is 1.46 bits per heavy atom. The predicted octanol–water partition coefficient (Wildman–Crippen LogP) is 2.99. The molecule has 72 valence electrons. The van der Waals surface area contributed by atoms with Gasteiger partial charge in [0.1, 0.15) is 5.75 Å². The zero-order valence-corrected chi connectivity index (χ0v) is 8.58. The van der Waals surface area contributed by atoms with Crippen molar-refractivity contribution >= 4 is 0 Å². The van der Waals surface area contributed by atoms with Crippen LogP contribution in [0, 0.1) is 0 Å². The van der Waals surface area contributed by atoms with E-state index in [0.29, 0.717) is 5.92 Å². The lowest BCUT2D eigenvalue weighted by Gasteiger charge is -2.07. The van der Waals surface area contributed by atoms with E-state index in [1.54, 1.807) is 6.20 Å². The second-order valence-corrected chi connectivity index (χ2v) is 3.42. The van der Waals surface area contributed by atoms with Crippen molar-refractivity contribution in [3.63, 3.8) is 0 Å². The monoisotopic (exact) mass is 179 g/mol. The number of hydrogen-bond acceptors (Lipinski definition) is 2. The lowest BCUT2D eigenvalue weighted by molar-refractivity contribution is 0.316. The summed E-state index contributed by atoms with van der Waals surface area (Å²) in [5, 5.41) is 0. The summed E-state index contributed by atoms with van der Waals surface area (Å²) in [4.78, 5) is 4.27. The van der Waals surface area contributed by atoms with E-state index >= 15 is 0 Å². The van der Waals surface area contributed by atoms with Crippen LogP contribution in [0.2, 0.25) is 0 Å². The van der Waals surface area contributed by atoms with Crippen molar-refractivity contribution in [3.8, 4) is 5.75 Å². The standard InChI is InChI=1S/C11H17NO/c1-4-7-13-10-5-6-12-11(8-10)9(2)3/h5-6,8-9H,4,7H2,1-3H3. The number of hydrogen-bond donors (Lipinski definition) is 0. The summed E-state index contributed by atoms with van der Waals surface area (Å²) in [7, 11) is 0. The summed E-state index contributed by atoms with van der Waals surface area (Å²) in [6, 6.07) is 3.92. The highest BCUT2D eigenvalue weighted by Gasteiger charge is 2.01. The first kappa shape index (κ1) is 10.0. The Morgan fingerprint density at radius 3 is 2.85 bits per heavy atom. The van der Waals surface area contributed by atoms with Crippen LogP contribution in [-0.4, -0.2) is 11.6 Å². The van der Waals surface area contributed by atoms with Crippen molar-refractivity contribution in [2.75, 3.05) is 6.61 Å². The van der Waals surface area contributed by atoms with Crippen LogP contribution in [0.4, 0.5) is 0 Å². The quantitative estimate of drug-likeness (QED) is 0.708. The van der Waals surface area contributed by atoms with Crippen molar-refractivity contribution in [1.29, 1.82) is 0 Å². The molecule has 0 N–H and O–H groups in total. The normalized spacial score (nSPS) is 10.5. The molecule has 0 aromatic carbocycles. The fourth-order valence-electron chi connectivity index (χ4n) is 1.05. The fourth-order valence-corrected chi connectivity index (χ4v) is 1.05. The molecule has 0 unspecified atom stereocenters. The van der Waals surface area contributed by atoms with Gasteiger partial charge in [-0.1, -0.05) is 20.8 Å². The maximum absolute atomic E-state index is 5.51. The highest BCUT2D eigenvalue weighted by Crippen LogP contribution is 2.17. The number of nitrogens with zero attached hydrogens (tertiary/aromatic N) is 1. The van der Waals surface area contributed by atoms with Crippen molar-refractivity contribution in [2.24, 2.45) is 0 Å². The molecule has 1 aromatic heterocycles. The average Bonchev–Trinajstić information content (AvgIpc) is 2.15. The smallest absolute Gasteiger partial charge is 0.122 e. The van der Waals surface area contributed by atoms with Gasteiger partial charge < -0.3 is 4.74 Å². The summed E-state index contributed by atoms with van der Waals surface area (Å²) in [5.74, 6) is 1.39. The minimum atomic E-state index is 0.463. The molecular weight excluding hydrogens is 162 g/mol. The van der Waals surface area contributed by atoms with Crippen LogP contribution in [0.25, 0.3) is 0 Å². The van der Waals surface area contributed by atoms with E-state index in [0.717, 1.165) is 24.5 Å². The van der Waals surface area contributed by atoms with Gasteiger partial charge in [0, 0.05) is 18.0 Å². The lowest BCUT2D eigenvalue weighted by Crippen LogP contribution is -1.97. The number of pyridine rings is 1. The van der Waals surface area contributed by atoms with E-state index in [2.05, 4.69) is 25.8 Å². The molecule has 2 heteroatoms. The predicted molar refractivity (Wildman–Crippen MR) is 54.1 cm³/mol. The van der Waals surface area contributed by atoms with Gasteiger partial charge in [0.25, 0.3) is 0 Å². The molecule has 0 atom stereocenters. The SMILES string of the molecule is CCCOc1ccnc(C(C)C)c1. The third-order valence-electron chi connectivity index (χ3n) is 1.82. The van der Waals surface area contributed by atoms with Gasteiger partial charge in [0.05, 0.1) is 6.61 Å². The van der Waals surface area contributed by atoms with Gasteiger partial charge in [-0.25, -0.2) is 0 Å².